The average Bonchev–Trinajstić information content (AvgIpc) is 1.99. The van der Waals surface area contributed by atoms with Gasteiger partial charge < -0.3 is 0 Å². The summed E-state index contributed by atoms with van der Waals surface area (Å²) >= 11 is 10.9. The van der Waals surface area contributed by atoms with Gasteiger partial charge in [-0.1, -0.05) is 23.2 Å². The lowest BCUT2D eigenvalue weighted by molar-refractivity contribution is 0.355. The average molecular weight is 187 g/mol. The van der Waals surface area contributed by atoms with Gasteiger partial charge in [0.1, 0.15) is 0 Å². The zero-order valence-corrected chi connectivity index (χ0v) is 6.78. The van der Waals surface area contributed by atoms with Crippen LogP contribution in [0, 0.1) is 11.3 Å². The van der Waals surface area contributed by atoms with E-state index in [1.165, 1.54) is 12.1 Å². The van der Waals surface area contributed by atoms with Crippen molar-refractivity contribution in [1.29, 1.82) is 5.26 Å². The van der Waals surface area contributed by atoms with Crippen LogP contribution in [0.25, 0.3) is 0 Å². The second kappa shape index (κ2) is 3.00. The van der Waals surface area contributed by atoms with Crippen molar-refractivity contribution in [2.75, 3.05) is 0 Å². The fourth-order valence-corrected chi connectivity index (χ4v) is 1.11. The summed E-state index contributed by atoms with van der Waals surface area (Å²) in [5.74, 6) is -0.438. The zero-order chi connectivity index (χ0) is 8.43. The van der Waals surface area contributed by atoms with Gasteiger partial charge in [-0.05, 0) is 12.1 Å². The minimum Gasteiger partial charge on any atom is -0.287 e. The van der Waals surface area contributed by atoms with Gasteiger partial charge in [0.25, 0.3) is 0 Å². The Hall–Kier alpha value is -0.910. The molecule has 0 N–H and O–H groups in total. The summed E-state index contributed by atoms with van der Waals surface area (Å²) in [5.41, 5.74) is 0.291. The number of hydrogen-bond acceptors (Lipinski definition) is 1. The van der Waals surface area contributed by atoms with Crippen molar-refractivity contribution in [3.63, 3.8) is 0 Å². The van der Waals surface area contributed by atoms with Crippen LogP contribution in [0.2, 0.25) is 10.0 Å². The Labute approximate surface area is 73.6 Å². The summed E-state index contributed by atoms with van der Waals surface area (Å²) in [6.07, 6.45) is 0. The Kier molecular flexibility index (Phi) is 2.23. The van der Waals surface area contributed by atoms with E-state index in [9.17, 15) is 5.11 Å². The number of nitrogens with zero attached hydrogens (tertiary/aromatic N) is 1. The molecule has 1 aromatic carbocycles. The highest BCUT2D eigenvalue weighted by Gasteiger charge is 2.07. The Bertz CT molecular complexity index is 307. The van der Waals surface area contributed by atoms with Gasteiger partial charge in [0.15, 0.2) is 0 Å². The van der Waals surface area contributed by atoms with E-state index in [1.807, 2.05) is 6.07 Å². The van der Waals surface area contributed by atoms with Crippen LogP contribution in [0.3, 0.4) is 0 Å². The van der Waals surface area contributed by atoms with Crippen molar-refractivity contribution in [1.82, 2.24) is 0 Å². The monoisotopic (exact) mass is 186 g/mol. The topological polar surface area (TPSA) is 43.7 Å². The van der Waals surface area contributed by atoms with Gasteiger partial charge in [-0.15, -0.1) is 0 Å². The quantitative estimate of drug-likeness (QED) is 0.615. The third kappa shape index (κ3) is 1.56. The van der Waals surface area contributed by atoms with Gasteiger partial charge in [0.2, 0.25) is 5.75 Å². The molecule has 1 rings (SSSR count). The first-order valence-electron chi connectivity index (χ1n) is 2.71. The highest BCUT2D eigenvalue weighted by atomic mass is 35.5. The predicted molar refractivity (Wildman–Crippen MR) is 41.3 cm³/mol. The highest BCUT2D eigenvalue weighted by molar-refractivity contribution is 6.37. The molecule has 2 nitrogen and oxygen atoms in total. The first-order valence-corrected chi connectivity index (χ1v) is 3.47. The Morgan fingerprint density at radius 1 is 1.27 bits per heavy atom. The molecule has 0 aromatic heterocycles. The molecular formula is C7H2Cl2NO. The molecule has 0 spiro atoms. The van der Waals surface area contributed by atoms with E-state index >= 15 is 0 Å². The number of hydrogen-bond donors (Lipinski definition) is 0. The summed E-state index contributed by atoms with van der Waals surface area (Å²) in [7, 11) is 0. The van der Waals surface area contributed by atoms with Crippen LogP contribution in [0.15, 0.2) is 12.1 Å². The highest BCUT2D eigenvalue weighted by Crippen LogP contribution is 2.32. The third-order valence-corrected chi connectivity index (χ3v) is 1.69. The van der Waals surface area contributed by atoms with Crippen LogP contribution < -0.4 is 0 Å². The van der Waals surface area contributed by atoms with Crippen molar-refractivity contribution in [2.24, 2.45) is 0 Å². The molecule has 0 aliphatic carbocycles. The molecule has 0 bridgehead atoms. The predicted octanol–water partition coefficient (Wildman–Crippen LogP) is 3.01. The molecule has 0 atom stereocenters. The van der Waals surface area contributed by atoms with E-state index in [0.717, 1.165) is 0 Å². The molecule has 1 radical (unpaired) electrons. The number of halogens is 2. The molecule has 4 heteroatoms. The second-order valence-electron chi connectivity index (χ2n) is 1.88. The van der Waals surface area contributed by atoms with Crippen molar-refractivity contribution in [3.05, 3.63) is 27.7 Å². The van der Waals surface area contributed by atoms with Gasteiger partial charge in [-0.3, -0.25) is 5.11 Å². The molecule has 11 heavy (non-hydrogen) atoms. The molecular weight excluding hydrogens is 185 g/mol. The maximum Gasteiger partial charge on any atom is 0.215 e. The van der Waals surface area contributed by atoms with Crippen LogP contribution in [0.4, 0.5) is 0 Å². The van der Waals surface area contributed by atoms with Crippen molar-refractivity contribution >= 4 is 23.2 Å². The van der Waals surface area contributed by atoms with Crippen molar-refractivity contribution in [2.45, 2.75) is 0 Å². The lowest BCUT2D eigenvalue weighted by Crippen LogP contribution is -1.75. The molecule has 1 aromatic rings. The summed E-state index contributed by atoms with van der Waals surface area (Å²) in [4.78, 5) is 0. The first-order chi connectivity index (χ1) is 5.15. The maximum atomic E-state index is 10.9. The molecule has 0 amide bonds. The molecule has 0 aliphatic rings. The van der Waals surface area contributed by atoms with Crippen LogP contribution in [0.1, 0.15) is 5.56 Å². The van der Waals surface area contributed by atoms with E-state index in [0.29, 0.717) is 5.56 Å². The lowest BCUT2D eigenvalue weighted by atomic mass is 10.2. The van der Waals surface area contributed by atoms with Crippen LogP contribution >= 0.6 is 23.2 Å². The molecule has 0 aliphatic heterocycles. The van der Waals surface area contributed by atoms with Crippen molar-refractivity contribution in [3.8, 4) is 11.8 Å². The minimum atomic E-state index is -0.438. The van der Waals surface area contributed by atoms with Crippen LogP contribution in [0.5, 0.6) is 5.75 Å². The number of rotatable bonds is 0. The molecule has 0 fully saturated rings. The lowest BCUT2D eigenvalue weighted by Gasteiger charge is -1.95. The standard InChI is InChI=1S/C7H2Cl2NO/c8-5-1-4(3-10)2-6(9)7(5)11/h1-2H. The molecule has 0 unspecified atom stereocenters. The normalized spacial score (nSPS) is 9.18. The van der Waals surface area contributed by atoms with E-state index in [2.05, 4.69) is 0 Å². The van der Waals surface area contributed by atoms with E-state index in [1.54, 1.807) is 0 Å². The molecule has 55 valence electrons. The van der Waals surface area contributed by atoms with E-state index in [4.69, 9.17) is 28.5 Å². The fourth-order valence-electron chi connectivity index (χ4n) is 0.624. The fraction of sp³-hybridized carbons (Fsp3) is 0. The Morgan fingerprint density at radius 2 is 1.73 bits per heavy atom. The Morgan fingerprint density at radius 3 is 2.09 bits per heavy atom. The SMILES string of the molecule is N#Cc1cc(Cl)c([O])c(Cl)c1. The second-order valence-corrected chi connectivity index (χ2v) is 2.70. The van der Waals surface area contributed by atoms with Gasteiger partial charge >= 0.3 is 0 Å². The Balaban J connectivity index is 3.35. The van der Waals surface area contributed by atoms with Crippen molar-refractivity contribution < 1.29 is 5.11 Å². The third-order valence-electron chi connectivity index (χ3n) is 1.13. The van der Waals surface area contributed by atoms with E-state index < -0.39 is 5.75 Å². The summed E-state index contributed by atoms with van der Waals surface area (Å²) < 4.78 is 0. The summed E-state index contributed by atoms with van der Waals surface area (Å²) in [6, 6.07) is 4.40. The van der Waals surface area contributed by atoms with Crippen LogP contribution in [-0.4, -0.2) is 0 Å². The molecule has 0 heterocycles. The smallest absolute Gasteiger partial charge is 0.215 e. The van der Waals surface area contributed by atoms with E-state index in [-0.39, 0.29) is 10.0 Å². The van der Waals surface area contributed by atoms with Gasteiger partial charge in [-0.2, -0.15) is 5.26 Å². The van der Waals surface area contributed by atoms with Gasteiger partial charge in [0, 0.05) is 0 Å². The summed E-state index contributed by atoms with van der Waals surface area (Å²) in [5, 5.41) is 19.2. The number of nitriles is 1. The molecule has 0 saturated heterocycles. The molecule has 0 saturated carbocycles. The number of benzene rings is 1. The zero-order valence-electron chi connectivity index (χ0n) is 5.27. The maximum absolute atomic E-state index is 10.9. The largest absolute Gasteiger partial charge is 0.287 e. The van der Waals surface area contributed by atoms with Gasteiger partial charge in [-0.25, -0.2) is 0 Å². The van der Waals surface area contributed by atoms with Crippen LogP contribution in [-0.2, 0) is 5.11 Å². The minimum absolute atomic E-state index is 0.0194. The summed E-state index contributed by atoms with van der Waals surface area (Å²) in [6.45, 7) is 0. The van der Waals surface area contributed by atoms with Gasteiger partial charge in [0.05, 0.1) is 21.7 Å². The first kappa shape index (κ1) is 8.19.